The minimum absolute atomic E-state index is 0.0253. The molecule has 0 bridgehead atoms. The molecule has 0 radical (unpaired) electrons. The maximum absolute atomic E-state index is 12.5. The lowest BCUT2D eigenvalue weighted by atomic mass is 9.98. The summed E-state index contributed by atoms with van der Waals surface area (Å²) in [6.07, 6.45) is 0.858. The van der Waals surface area contributed by atoms with Gasteiger partial charge in [-0.15, -0.1) is 11.3 Å². The van der Waals surface area contributed by atoms with Gasteiger partial charge in [-0.1, -0.05) is 32.9 Å². The quantitative estimate of drug-likeness (QED) is 0.684. The Hall–Kier alpha value is -2.21. The largest absolute Gasteiger partial charge is 0.351 e. The highest BCUT2D eigenvalue weighted by atomic mass is 32.1. The van der Waals surface area contributed by atoms with Crippen molar-refractivity contribution in [2.45, 2.75) is 53.0 Å². The van der Waals surface area contributed by atoms with Crippen molar-refractivity contribution < 1.29 is 4.79 Å². The molecule has 0 atom stereocenters. The van der Waals surface area contributed by atoms with Crippen molar-refractivity contribution in [1.82, 2.24) is 19.9 Å². The van der Waals surface area contributed by atoms with Gasteiger partial charge in [0.2, 0.25) is 0 Å². The molecule has 0 saturated carbocycles. The Balaban J connectivity index is 1.59. The molecule has 3 rings (SSSR count). The van der Waals surface area contributed by atoms with Crippen LogP contribution >= 0.6 is 11.3 Å². The maximum atomic E-state index is 12.5. The monoisotopic (exact) mass is 370 g/mol. The van der Waals surface area contributed by atoms with Gasteiger partial charge in [0.05, 0.1) is 21.7 Å². The molecule has 138 valence electrons. The molecule has 1 N–H and O–H groups in total. The molecule has 0 unspecified atom stereocenters. The van der Waals surface area contributed by atoms with Crippen molar-refractivity contribution in [2.75, 3.05) is 6.54 Å². The van der Waals surface area contributed by atoms with Gasteiger partial charge in [-0.3, -0.25) is 4.79 Å². The average Bonchev–Trinajstić information content (AvgIpc) is 3.11. The summed E-state index contributed by atoms with van der Waals surface area (Å²) in [6.45, 7) is 11.7. The number of para-hydroxylation sites is 2. The topological polar surface area (TPSA) is 59.8 Å². The summed E-state index contributed by atoms with van der Waals surface area (Å²) in [5, 5.41) is 4.03. The van der Waals surface area contributed by atoms with Crippen molar-refractivity contribution in [1.29, 1.82) is 0 Å². The van der Waals surface area contributed by atoms with E-state index in [2.05, 4.69) is 46.7 Å². The number of carbonyl (C=O) groups is 1. The predicted octanol–water partition coefficient (Wildman–Crippen LogP) is 4.23. The van der Waals surface area contributed by atoms with Gasteiger partial charge >= 0.3 is 0 Å². The van der Waals surface area contributed by atoms with E-state index in [0.29, 0.717) is 6.54 Å². The van der Waals surface area contributed by atoms with Crippen molar-refractivity contribution in [3.63, 3.8) is 0 Å². The van der Waals surface area contributed by atoms with Gasteiger partial charge in [-0.2, -0.15) is 0 Å². The van der Waals surface area contributed by atoms with Crippen LogP contribution in [0.4, 0.5) is 0 Å². The second-order valence-electron chi connectivity index (χ2n) is 7.59. The van der Waals surface area contributed by atoms with Gasteiger partial charge in [0, 0.05) is 18.5 Å². The third kappa shape index (κ3) is 3.80. The zero-order valence-corrected chi connectivity index (χ0v) is 16.9. The van der Waals surface area contributed by atoms with E-state index in [4.69, 9.17) is 0 Å². The Kier molecular flexibility index (Phi) is 5.14. The first-order valence-electron chi connectivity index (χ1n) is 8.95. The Morgan fingerprint density at radius 3 is 2.62 bits per heavy atom. The number of carbonyl (C=O) groups excluding carboxylic acids is 1. The number of benzene rings is 1. The van der Waals surface area contributed by atoms with Crippen LogP contribution in [0.1, 0.15) is 53.4 Å². The first kappa shape index (κ1) is 18.6. The van der Waals surface area contributed by atoms with E-state index >= 15 is 0 Å². The highest BCUT2D eigenvalue weighted by Crippen LogP contribution is 2.29. The number of amides is 1. The van der Waals surface area contributed by atoms with E-state index in [0.717, 1.165) is 45.4 Å². The lowest BCUT2D eigenvalue weighted by Crippen LogP contribution is -2.25. The minimum atomic E-state index is -0.0338. The first-order valence-corrected chi connectivity index (χ1v) is 9.77. The normalized spacial score (nSPS) is 11.9. The molecule has 3 aromatic rings. The highest BCUT2D eigenvalue weighted by Gasteiger charge is 2.22. The lowest BCUT2D eigenvalue weighted by Gasteiger charge is -2.13. The number of thiazole rings is 1. The van der Waals surface area contributed by atoms with E-state index in [1.165, 1.54) is 11.3 Å². The number of hydrogen-bond donors (Lipinski definition) is 1. The van der Waals surface area contributed by atoms with Crippen molar-refractivity contribution in [3.05, 3.63) is 45.7 Å². The van der Waals surface area contributed by atoms with Gasteiger partial charge < -0.3 is 9.88 Å². The Bertz CT molecular complexity index is 933. The van der Waals surface area contributed by atoms with Gasteiger partial charge in [0.15, 0.2) is 0 Å². The molecule has 2 heterocycles. The van der Waals surface area contributed by atoms with Crippen LogP contribution in [-0.2, 0) is 12.0 Å². The van der Waals surface area contributed by atoms with Crippen LogP contribution in [0.5, 0.6) is 0 Å². The summed E-state index contributed by atoms with van der Waals surface area (Å²) in [5.74, 6) is 0.980. The fourth-order valence-corrected chi connectivity index (χ4v) is 3.97. The zero-order chi connectivity index (χ0) is 18.9. The summed E-state index contributed by atoms with van der Waals surface area (Å²) in [6, 6.07) is 8.15. The predicted molar refractivity (Wildman–Crippen MR) is 107 cm³/mol. The Morgan fingerprint density at radius 1 is 1.19 bits per heavy atom. The van der Waals surface area contributed by atoms with Crippen molar-refractivity contribution in [3.8, 4) is 0 Å². The third-order valence-corrected chi connectivity index (χ3v) is 5.92. The number of fused-ring (bicyclic) bond motifs is 1. The molecule has 1 amide bonds. The Morgan fingerprint density at radius 2 is 1.92 bits per heavy atom. The van der Waals surface area contributed by atoms with E-state index in [1.807, 2.05) is 32.0 Å². The second-order valence-corrected chi connectivity index (χ2v) is 8.59. The van der Waals surface area contributed by atoms with Crippen LogP contribution in [0.2, 0.25) is 0 Å². The SMILES string of the molecule is Cc1nc(C(C)(C)C)sc1C(=O)NCCCn1c(C)nc2ccccc21. The van der Waals surface area contributed by atoms with Crippen molar-refractivity contribution in [2.24, 2.45) is 0 Å². The summed E-state index contributed by atoms with van der Waals surface area (Å²) in [7, 11) is 0. The smallest absolute Gasteiger partial charge is 0.263 e. The Labute approximate surface area is 158 Å². The first-order chi connectivity index (χ1) is 12.3. The van der Waals surface area contributed by atoms with Crippen LogP contribution in [0.15, 0.2) is 24.3 Å². The number of rotatable bonds is 5. The number of aromatic nitrogens is 3. The van der Waals surface area contributed by atoms with Crippen LogP contribution in [0.3, 0.4) is 0 Å². The highest BCUT2D eigenvalue weighted by molar-refractivity contribution is 7.14. The molecule has 0 aliphatic carbocycles. The molecule has 0 saturated heterocycles. The number of hydrogen-bond acceptors (Lipinski definition) is 4. The molecule has 0 aliphatic rings. The molecule has 5 nitrogen and oxygen atoms in total. The summed E-state index contributed by atoms with van der Waals surface area (Å²) in [4.78, 5) is 22.4. The second kappa shape index (κ2) is 7.19. The summed E-state index contributed by atoms with van der Waals surface area (Å²) >= 11 is 1.50. The summed E-state index contributed by atoms with van der Waals surface area (Å²) < 4.78 is 2.21. The molecular formula is C20H26N4OS. The number of nitrogens with one attached hydrogen (secondary N) is 1. The molecular weight excluding hydrogens is 344 g/mol. The van der Waals surface area contributed by atoms with Gasteiger partial charge in [-0.05, 0) is 32.4 Å². The molecule has 2 aromatic heterocycles. The zero-order valence-electron chi connectivity index (χ0n) is 16.1. The molecule has 0 fully saturated rings. The molecule has 0 spiro atoms. The average molecular weight is 371 g/mol. The maximum Gasteiger partial charge on any atom is 0.263 e. The standard InChI is InChI=1S/C20H26N4OS/c1-13-17(26-19(22-13)20(3,4)5)18(25)21-11-8-12-24-14(2)23-15-9-6-7-10-16(15)24/h6-7,9-10H,8,11-12H2,1-5H3,(H,21,25). The van der Waals surface area contributed by atoms with Crippen LogP contribution in [0, 0.1) is 13.8 Å². The van der Waals surface area contributed by atoms with E-state index < -0.39 is 0 Å². The van der Waals surface area contributed by atoms with Gasteiger partial charge in [0.1, 0.15) is 10.7 Å². The fraction of sp³-hybridized carbons (Fsp3) is 0.450. The fourth-order valence-electron chi connectivity index (χ4n) is 2.93. The van der Waals surface area contributed by atoms with Crippen LogP contribution < -0.4 is 5.32 Å². The van der Waals surface area contributed by atoms with E-state index in [-0.39, 0.29) is 11.3 Å². The summed E-state index contributed by atoms with van der Waals surface area (Å²) in [5.41, 5.74) is 2.94. The molecule has 0 aliphatic heterocycles. The third-order valence-electron chi connectivity index (χ3n) is 4.33. The number of nitrogens with zero attached hydrogens (tertiary/aromatic N) is 3. The van der Waals surface area contributed by atoms with Crippen LogP contribution in [0.25, 0.3) is 11.0 Å². The van der Waals surface area contributed by atoms with Gasteiger partial charge in [-0.25, -0.2) is 9.97 Å². The molecule has 1 aromatic carbocycles. The van der Waals surface area contributed by atoms with Gasteiger partial charge in [0.25, 0.3) is 5.91 Å². The molecule has 6 heteroatoms. The number of aryl methyl sites for hydroxylation is 3. The van der Waals surface area contributed by atoms with Crippen LogP contribution in [-0.4, -0.2) is 27.0 Å². The van der Waals surface area contributed by atoms with Crippen molar-refractivity contribution >= 4 is 28.3 Å². The lowest BCUT2D eigenvalue weighted by molar-refractivity contribution is 0.0956. The number of imidazole rings is 1. The van der Waals surface area contributed by atoms with E-state index in [1.54, 1.807) is 0 Å². The van der Waals surface area contributed by atoms with E-state index in [9.17, 15) is 4.79 Å². The molecule has 26 heavy (non-hydrogen) atoms. The minimum Gasteiger partial charge on any atom is -0.351 e.